The minimum atomic E-state index is -0.193. The van der Waals surface area contributed by atoms with Crippen LogP contribution in [0.3, 0.4) is 0 Å². The lowest BCUT2D eigenvalue weighted by atomic mass is 9.87. The van der Waals surface area contributed by atoms with E-state index in [1.54, 1.807) is 11.3 Å². The standard InChI is InChI=1S/C13H21N3O2S/c1-9-6-14-12(19-9)8-16-13(18)15-7-10-3-2-4-11(17)5-10/h6,10-11,17H,2-5,7-8H2,1H3,(H2,15,16,18). The van der Waals surface area contributed by atoms with Crippen molar-refractivity contribution in [2.45, 2.75) is 45.3 Å². The van der Waals surface area contributed by atoms with Gasteiger partial charge in [-0.05, 0) is 32.1 Å². The largest absolute Gasteiger partial charge is 0.393 e. The lowest BCUT2D eigenvalue weighted by molar-refractivity contribution is 0.101. The maximum Gasteiger partial charge on any atom is 0.315 e. The Balaban J connectivity index is 1.64. The summed E-state index contributed by atoms with van der Waals surface area (Å²) in [6.07, 6.45) is 5.44. The van der Waals surface area contributed by atoms with Gasteiger partial charge in [-0.2, -0.15) is 0 Å². The van der Waals surface area contributed by atoms with E-state index in [1.807, 2.05) is 13.1 Å². The number of thiazole rings is 1. The highest BCUT2D eigenvalue weighted by atomic mass is 32.1. The van der Waals surface area contributed by atoms with Crippen LogP contribution < -0.4 is 10.6 Å². The van der Waals surface area contributed by atoms with Crippen LogP contribution in [0.15, 0.2) is 6.20 Å². The van der Waals surface area contributed by atoms with Crippen LogP contribution >= 0.6 is 11.3 Å². The number of nitrogens with zero attached hydrogens (tertiary/aromatic N) is 1. The third-order valence-corrected chi connectivity index (χ3v) is 4.29. The highest BCUT2D eigenvalue weighted by molar-refractivity contribution is 7.11. The summed E-state index contributed by atoms with van der Waals surface area (Å²) in [7, 11) is 0. The monoisotopic (exact) mass is 283 g/mol. The third-order valence-electron chi connectivity index (χ3n) is 3.38. The van der Waals surface area contributed by atoms with E-state index in [4.69, 9.17) is 0 Å². The van der Waals surface area contributed by atoms with E-state index in [0.717, 1.165) is 35.6 Å². The number of urea groups is 1. The second-order valence-electron chi connectivity index (χ2n) is 5.11. The Bertz CT molecular complexity index is 422. The fraction of sp³-hybridized carbons (Fsp3) is 0.692. The molecule has 1 fully saturated rings. The zero-order valence-corrected chi connectivity index (χ0v) is 12.0. The number of aromatic nitrogens is 1. The summed E-state index contributed by atoms with van der Waals surface area (Å²) in [5, 5.41) is 16.1. The highest BCUT2D eigenvalue weighted by Gasteiger charge is 2.20. The number of hydrogen-bond donors (Lipinski definition) is 3. The van der Waals surface area contributed by atoms with Crippen LogP contribution in [0.1, 0.15) is 35.6 Å². The molecule has 2 rings (SSSR count). The number of carbonyl (C=O) groups excluding carboxylic acids is 1. The van der Waals surface area contributed by atoms with Crippen molar-refractivity contribution < 1.29 is 9.90 Å². The molecule has 0 saturated heterocycles. The van der Waals surface area contributed by atoms with E-state index < -0.39 is 0 Å². The molecule has 0 bridgehead atoms. The molecule has 2 unspecified atom stereocenters. The molecule has 1 saturated carbocycles. The molecule has 1 aromatic rings. The summed E-state index contributed by atoms with van der Waals surface area (Å²) in [6, 6.07) is -0.159. The van der Waals surface area contributed by atoms with Gasteiger partial charge in [0.2, 0.25) is 0 Å². The lowest BCUT2D eigenvalue weighted by Gasteiger charge is -2.25. The van der Waals surface area contributed by atoms with Crippen molar-refractivity contribution in [3.05, 3.63) is 16.1 Å². The van der Waals surface area contributed by atoms with Gasteiger partial charge in [0.25, 0.3) is 0 Å². The molecule has 1 aliphatic rings. The summed E-state index contributed by atoms with van der Waals surface area (Å²) in [5.74, 6) is 0.400. The molecule has 0 aromatic carbocycles. The van der Waals surface area contributed by atoms with E-state index in [0.29, 0.717) is 19.0 Å². The number of carbonyl (C=O) groups is 1. The molecule has 5 nitrogen and oxygen atoms in total. The van der Waals surface area contributed by atoms with Crippen LogP contribution in [-0.2, 0) is 6.54 Å². The van der Waals surface area contributed by atoms with Gasteiger partial charge in [0, 0.05) is 17.6 Å². The number of aliphatic hydroxyl groups is 1. The minimum absolute atomic E-state index is 0.159. The molecule has 106 valence electrons. The van der Waals surface area contributed by atoms with Crippen LogP contribution in [0.2, 0.25) is 0 Å². The molecule has 6 heteroatoms. The van der Waals surface area contributed by atoms with Crippen LogP contribution in [0.5, 0.6) is 0 Å². The predicted molar refractivity (Wildman–Crippen MR) is 75.1 cm³/mol. The van der Waals surface area contributed by atoms with Crippen LogP contribution in [-0.4, -0.2) is 28.8 Å². The average Bonchev–Trinajstić information content (AvgIpc) is 2.80. The Morgan fingerprint density at radius 3 is 3.05 bits per heavy atom. The molecular weight excluding hydrogens is 262 g/mol. The molecular formula is C13H21N3O2S. The van der Waals surface area contributed by atoms with Gasteiger partial charge < -0.3 is 15.7 Å². The van der Waals surface area contributed by atoms with Gasteiger partial charge in [-0.15, -0.1) is 11.3 Å². The summed E-state index contributed by atoms with van der Waals surface area (Å²) in [5.41, 5.74) is 0. The van der Waals surface area contributed by atoms with Crippen molar-refractivity contribution in [1.29, 1.82) is 0 Å². The fourth-order valence-electron chi connectivity index (χ4n) is 2.39. The van der Waals surface area contributed by atoms with Crippen molar-refractivity contribution in [2.75, 3.05) is 6.54 Å². The first kappa shape index (κ1) is 14.3. The fourth-order valence-corrected chi connectivity index (χ4v) is 3.11. The molecule has 0 radical (unpaired) electrons. The highest BCUT2D eigenvalue weighted by Crippen LogP contribution is 2.23. The number of hydrogen-bond acceptors (Lipinski definition) is 4. The Morgan fingerprint density at radius 2 is 2.37 bits per heavy atom. The molecule has 0 aliphatic heterocycles. The Morgan fingerprint density at radius 1 is 1.53 bits per heavy atom. The number of nitrogens with one attached hydrogen (secondary N) is 2. The van der Waals surface area contributed by atoms with Gasteiger partial charge in [-0.1, -0.05) is 6.42 Å². The van der Waals surface area contributed by atoms with Gasteiger partial charge in [0.1, 0.15) is 5.01 Å². The van der Waals surface area contributed by atoms with Crippen molar-refractivity contribution in [2.24, 2.45) is 5.92 Å². The van der Waals surface area contributed by atoms with Crippen molar-refractivity contribution in [3.8, 4) is 0 Å². The summed E-state index contributed by atoms with van der Waals surface area (Å²) < 4.78 is 0. The van der Waals surface area contributed by atoms with Crippen LogP contribution in [0.4, 0.5) is 4.79 Å². The summed E-state index contributed by atoms with van der Waals surface area (Å²) in [4.78, 5) is 17.0. The molecule has 2 atom stereocenters. The molecule has 1 heterocycles. The quantitative estimate of drug-likeness (QED) is 0.789. The zero-order chi connectivity index (χ0) is 13.7. The topological polar surface area (TPSA) is 74.2 Å². The van der Waals surface area contributed by atoms with E-state index in [-0.39, 0.29) is 12.1 Å². The Hall–Kier alpha value is -1.14. The van der Waals surface area contributed by atoms with E-state index in [9.17, 15) is 9.90 Å². The van der Waals surface area contributed by atoms with Crippen LogP contribution in [0, 0.1) is 12.8 Å². The predicted octanol–water partition coefficient (Wildman–Crippen LogP) is 1.80. The third kappa shape index (κ3) is 4.80. The molecule has 3 N–H and O–H groups in total. The van der Waals surface area contributed by atoms with Crippen molar-refractivity contribution >= 4 is 17.4 Å². The number of aliphatic hydroxyl groups excluding tert-OH is 1. The van der Waals surface area contributed by atoms with Crippen molar-refractivity contribution in [1.82, 2.24) is 15.6 Å². The number of amides is 2. The normalized spacial score (nSPS) is 23.1. The number of rotatable bonds is 4. The van der Waals surface area contributed by atoms with Crippen molar-refractivity contribution in [3.63, 3.8) is 0 Å². The molecule has 1 aliphatic carbocycles. The molecule has 19 heavy (non-hydrogen) atoms. The first-order valence-corrected chi connectivity index (χ1v) is 7.56. The van der Waals surface area contributed by atoms with Crippen LogP contribution in [0.25, 0.3) is 0 Å². The summed E-state index contributed by atoms with van der Waals surface area (Å²) in [6.45, 7) is 3.10. The van der Waals surface area contributed by atoms with Gasteiger partial charge >= 0.3 is 6.03 Å². The molecule has 2 amide bonds. The first-order valence-electron chi connectivity index (χ1n) is 6.74. The van der Waals surface area contributed by atoms with E-state index in [1.165, 1.54) is 0 Å². The number of aryl methyl sites for hydroxylation is 1. The Labute approximate surface area is 117 Å². The van der Waals surface area contributed by atoms with Gasteiger partial charge in [-0.3, -0.25) is 0 Å². The SMILES string of the molecule is Cc1cnc(CNC(=O)NCC2CCCC(O)C2)s1. The Kier molecular flexibility index (Phi) is 5.15. The van der Waals surface area contributed by atoms with E-state index in [2.05, 4.69) is 15.6 Å². The second-order valence-corrected chi connectivity index (χ2v) is 6.43. The van der Waals surface area contributed by atoms with Gasteiger partial charge in [-0.25, -0.2) is 9.78 Å². The first-order chi connectivity index (χ1) is 9.13. The van der Waals surface area contributed by atoms with Gasteiger partial charge in [0.15, 0.2) is 0 Å². The smallest absolute Gasteiger partial charge is 0.315 e. The van der Waals surface area contributed by atoms with Gasteiger partial charge in [0.05, 0.1) is 12.6 Å². The molecule has 1 aromatic heterocycles. The molecule has 0 spiro atoms. The van der Waals surface area contributed by atoms with E-state index >= 15 is 0 Å². The zero-order valence-electron chi connectivity index (χ0n) is 11.2. The summed E-state index contributed by atoms with van der Waals surface area (Å²) >= 11 is 1.59. The maximum atomic E-state index is 11.6. The average molecular weight is 283 g/mol. The minimum Gasteiger partial charge on any atom is -0.393 e. The maximum absolute atomic E-state index is 11.6. The lowest BCUT2D eigenvalue weighted by Crippen LogP contribution is -2.39. The second kappa shape index (κ2) is 6.86.